The third-order valence-corrected chi connectivity index (χ3v) is 6.32. The second kappa shape index (κ2) is 10.4. The summed E-state index contributed by atoms with van der Waals surface area (Å²) in [6.45, 7) is 9.23. The van der Waals surface area contributed by atoms with Crippen molar-refractivity contribution in [2.75, 3.05) is 13.2 Å². The molecule has 2 aliphatic rings. The first kappa shape index (κ1) is 21.3. The summed E-state index contributed by atoms with van der Waals surface area (Å²) >= 11 is 0. The van der Waals surface area contributed by atoms with E-state index in [4.69, 9.17) is 9.47 Å². The lowest BCUT2D eigenvalue weighted by Crippen LogP contribution is -2.12. The second-order valence-corrected chi connectivity index (χ2v) is 8.75. The summed E-state index contributed by atoms with van der Waals surface area (Å²) in [5.41, 5.74) is 0.852. The molecule has 26 heavy (non-hydrogen) atoms. The van der Waals surface area contributed by atoms with Crippen molar-refractivity contribution in [2.45, 2.75) is 104 Å². The average Bonchev–Trinajstić information content (AvgIpc) is 3.50. The maximum atomic E-state index is 11.7. The van der Waals surface area contributed by atoms with Crippen LogP contribution in [-0.4, -0.2) is 19.2 Å². The van der Waals surface area contributed by atoms with Gasteiger partial charge in [-0.25, -0.2) is 0 Å². The van der Waals surface area contributed by atoms with Crippen molar-refractivity contribution in [1.82, 2.24) is 0 Å². The molecule has 3 heteroatoms. The molecule has 0 aromatic heterocycles. The zero-order chi connectivity index (χ0) is 18.9. The number of allylic oxidation sites excluding steroid dienone is 1. The number of ether oxygens (including phenoxy) is 2. The highest BCUT2D eigenvalue weighted by Gasteiger charge is 2.44. The minimum absolute atomic E-state index is 0.00558. The summed E-state index contributed by atoms with van der Waals surface area (Å²) in [5.74, 6) is 0.993. The van der Waals surface area contributed by atoms with Gasteiger partial charge in [-0.3, -0.25) is 4.79 Å². The summed E-state index contributed by atoms with van der Waals surface area (Å²) in [6, 6.07) is 0. The van der Waals surface area contributed by atoms with E-state index in [1.807, 2.05) is 13.8 Å². The predicted molar refractivity (Wildman–Crippen MR) is 107 cm³/mol. The van der Waals surface area contributed by atoms with Crippen LogP contribution in [0.1, 0.15) is 104 Å². The van der Waals surface area contributed by atoms with E-state index >= 15 is 0 Å². The number of hydrogen-bond acceptors (Lipinski definition) is 3. The first-order valence-corrected chi connectivity index (χ1v) is 11.0. The fourth-order valence-corrected chi connectivity index (χ4v) is 4.28. The quantitative estimate of drug-likeness (QED) is 0.177. The number of unbranched alkanes of at least 4 members (excludes halogenated alkanes) is 5. The van der Waals surface area contributed by atoms with Gasteiger partial charge in [-0.05, 0) is 63.2 Å². The van der Waals surface area contributed by atoms with Gasteiger partial charge < -0.3 is 9.47 Å². The van der Waals surface area contributed by atoms with Gasteiger partial charge in [0.2, 0.25) is 0 Å². The number of carbonyl (C=O) groups excluding carboxylic acids is 1. The summed E-state index contributed by atoms with van der Waals surface area (Å²) in [6.07, 6.45) is 17.5. The SMILES string of the molecule is C=C(CC1(CCCCCCCCC2(CC(=O)OCC)CC2)CC1)OCC. The van der Waals surface area contributed by atoms with Crippen LogP contribution in [0.25, 0.3) is 0 Å². The molecule has 0 heterocycles. The molecule has 0 aromatic carbocycles. The van der Waals surface area contributed by atoms with Gasteiger partial charge in [0, 0.05) is 6.42 Å². The smallest absolute Gasteiger partial charge is 0.306 e. The van der Waals surface area contributed by atoms with Gasteiger partial charge in [-0.15, -0.1) is 0 Å². The number of esters is 1. The highest BCUT2D eigenvalue weighted by molar-refractivity contribution is 5.70. The van der Waals surface area contributed by atoms with Gasteiger partial charge in [-0.2, -0.15) is 0 Å². The first-order chi connectivity index (χ1) is 12.5. The highest BCUT2D eigenvalue weighted by atomic mass is 16.5. The topological polar surface area (TPSA) is 35.5 Å². The molecule has 0 aliphatic heterocycles. The molecule has 150 valence electrons. The molecule has 0 spiro atoms. The fourth-order valence-electron chi connectivity index (χ4n) is 4.28. The van der Waals surface area contributed by atoms with Crippen LogP contribution in [0.15, 0.2) is 12.3 Å². The van der Waals surface area contributed by atoms with E-state index < -0.39 is 0 Å². The fraction of sp³-hybridized carbons (Fsp3) is 0.870. The summed E-state index contributed by atoms with van der Waals surface area (Å²) in [7, 11) is 0. The van der Waals surface area contributed by atoms with E-state index in [1.54, 1.807) is 0 Å². The standard InChI is InChI=1S/C23H40O3/c1-4-25-20(3)18-22(14-15-22)12-10-8-6-7-9-11-13-23(16-17-23)19-21(24)26-5-2/h3-19H2,1-2H3. The molecule has 0 saturated heterocycles. The molecule has 2 aliphatic carbocycles. The molecule has 0 bridgehead atoms. The Morgan fingerprint density at radius 3 is 1.69 bits per heavy atom. The van der Waals surface area contributed by atoms with Crippen molar-refractivity contribution in [1.29, 1.82) is 0 Å². The van der Waals surface area contributed by atoms with Gasteiger partial charge in [-0.1, -0.05) is 45.1 Å². The summed E-state index contributed by atoms with van der Waals surface area (Å²) < 4.78 is 10.6. The summed E-state index contributed by atoms with van der Waals surface area (Å²) in [4.78, 5) is 11.7. The lowest BCUT2D eigenvalue weighted by atomic mass is 9.92. The Balaban J connectivity index is 1.44. The highest BCUT2D eigenvalue weighted by Crippen LogP contribution is 2.54. The van der Waals surface area contributed by atoms with Crippen molar-refractivity contribution in [3.63, 3.8) is 0 Å². The molecule has 2 saturated carbocycles. The lowest BCUT2D eigenvalue weighted by molar-refractivity contribution is -0.144. The average molecular weight is 365 g/mol. The van der Waals surface area contributed by atoms with Gasteiger partial charge >= 0.3 is 5.97 Å². The zero-order valence-corrected chi connectivity index (χ0v) is 17.2. The van der Waals surface area contributed by atoms with Gasteiger partial charge in [0.15, 0.2) is 0 Å². The Kier molecular flexibility index (Phi) is 8.50. The predicted octanol–water partition coefficient (Wildman–Crippen LogP) is 6.56. The maximum Gasteiger partial charge on any atom is 0.306 e. The second-order valence-electron chi connectivity index (χ2n) is 8.75. The third-order valence-electron chi connectivity index (χ3n) is 6.32. The minimum Gasteiger partial charge on any atom is -0.499 e. The Labute approximate surface area is 160 Å². The molecule has 0 atom stereocenters. The molecule has 3 nitrogen and oxygen atoms in total. The van der Waals surface area contributed by atoms with Crippen molar-refractivity contribution >= 4 is 5.97 Å². The first-order valence-electron chi connectivity index (χ1n) is 11.0. The van der Waals surface area contributed by atoms with Crippen LogP contribution >= 0.6 is 0 Å². The van der Waals surface area contributed by atoms with Gasteiger partial charge in [0.1, 0.15) is 0 Å². The number of rotatable bonds is 16. The van der Waals surface area contributed by atoms with Crippen molar-refractivity contribution in [2.24, 2.45) is 10.8 Å². The van der Waals surface area contributed by atoms with Crippen LogP contribution in [0.5, 0.6) is 0 Å². The molecule has 0 N–H and O–H groups in total. The van der Waals surface area contributed by atoms with Crippen LogP contribution in [0.2, 0.25) is 0 Å². The molecule has 2 rings (SSSR count). The van der Waals surface area contributed by atoms with Crippen LogP contribution in [0.3, 0.4) is 0 Å². The number of hydrogen-bond donors (Lipinski definition) is 0. The zero-order valence-electron chi connectivity index (χ0n) is 17.2. The molecular formula is C23H40O3. The Morgan fingerprint density at radius 1 is 0.769 bits per heavy atom. The molecule has 0 amide bonds. The number of carbonyl (C=O) groups is 1. The largest absolute Gasteiger partial charge is 0.499 e. The van der Waals surface area contributed by atoms with Crippen LogP contribution in [0.4, 0.5) is 0 Å². The minimum atomic E-state index is 0.00558. The maximum absolute atomic E-state index is 11.7. The van der Waals surface area contributed by atoms with E-state index in [0.717, 1.165) is 18.8 Å². The van der Waals surface area contributed by atoms with Gasteiger partial charge in [0.25, 0.3) is 0 Å². The van der Waals surface area contributed by atoms with Crippen LogP contribution in [0, 0.1) is 10.8 Å². The van der Waals surface area contributed by atoms with Crippen molar-refractivity contribution < 1.29 is 14.3 Å². The molecule has 2 fully saturated rings. The Morgan fingerprint density at radius 2 is 1.23 bits per heavy atom. The van der Waals surface area contributed by atoms with E-state index in [1.165, 1.54) is 77.0 Å². The molecule has 0 unspecified atom stereocenters. The van der Waals surface area contributed by atoms with Crippen molar-refractivity contribution in [3.05, 3.63) is 12.3 Å². The molecule has 0 aromatic rings. The van der Waals surface area contributed by atoms with Crippen LogP contribution < -0.4 is 0 Å². The van der Waals surface area contributed by atoms with Crippen LogP contribution in [-0.2, 0) is 14.3 Å². The van der Waals surface area contributed by atoms with E-state index in [2.05, 4.69) is 6.58 Å². The summed E-state index contributed by atoms with van der Waals surface area (Å²) in [5, 5.41) is 0. The van der Waals surface area contributed by atoms with E-state index in [9.17, 15) is 4.79 Å². The Hall–Kier alpha value is -0.990. The molecular weight excluding hydrogens is 324 g/mol. The van der Waals surface area contributed by atoms with Gasteiger partial charge in [0.05, 0.1) is 25.4 Å². The normalized spacial score (nSPS) is 19.0. The Bertz CT molecular complexity index is 404. The third kappa shape index (κ3) is 7.72. The molecule has 0 radical (unpaired) electrons. The van der Waals surface area contributed by atoms with E-state index in [-0.39, 0.29) is 5.97 Å². The van der Waals surface area contributed by atoms with Crippen molar-refractivity contribution in [3.8, 4) is 0 Å². The van der Waals surface area contributed by atoms with E-state index in [0.29, 0.717) is 23.9 Å². The lowest BCUT2D eigenvalue weighted by Gasteiger charge is -2.17. The monoisotopic (exact) mass is 364 g/mol.